The van der Waals surface area contributed by atoms with E-state index in [2.05, 4.69) is 79.7 Å². The zero-order valence-electron chi connectivity index (χ0n) is 20.6. The fraction of sp³-hybridized carbons (Fsp3) is 0.179. The Hall–Kier alpha value is -4.59. The molecule has 8 heteroatoms. The number of hydrogen-bond donors (Lipinski definition) is 1. The molecule has 0 saturated carbocycles. The van der Waals surface area contributed by atoms with Gasteiger partial charge in [0.2, 0.25) is 5.95 Å². The minimum absolute atomic E-state index is 0.522. The second kappa shape index (κ2) is 10.4. The molecule has 2 aromatic carbocycles. The van der Waals surface area contributed by atoms with E-state index < -0.39 is 0 Å². The lowest BCUT2D eigenvalue weighted by atomic mass is 10.1. The summed E-state index contributed by atoms with van der Waals surface area (Å²) in [6.45, 7) is 8.33. The molecule has 0 amide bonds. The molecule has 0 spiro atoms. The first kappa shape index (κ1) is 23.2. The van der Waals surface area contributed by atoms with Crippen molar-refractivity contribution >= 4 is 17.3 Å². The molecule has 0 bridgehead atoms. The van der Waals surface area contributed by atoms with Gasteiger partial charge in [-0.3, -0.25) is 4.98 Å². The summed E-state index contributed by atoms with van der Waals surface area (Å²) in [6, 6.07) is 20.3. The van der Waals surface area contributed by atoms with E-state index in [-0.39, 0.29) is 0 Å². The van der Waals surface area contributed by atoms with Crippen molar-refractivity contribution in [1.29, 1.82) is 0 Å². The van der Waals surface area contributed by atoms with Crippen LogP contribution in [0.2, 0.25) is 0 Å². The Morgan fingerprint density at radius 3 is 2.47 bits per heavy atom. The van der Waals surface area contributed by atoms with Gasteiger partial charge in [0.1, 0.15) is 5.69 Å². The molecule has 1 N–H and O–H groups in total. The monoisotopic (exact) mass is 476 g/mol. The number of aryl methyl sites for hydroxylation is 1. The number of benzene rings is 2. The molecule has 8 nitrogen and oxygen atoms in total. The van der Waals surface area contributed by atoms with E-state index in [9.17, 15) is 0 Å². The molecule has 0 aliphatic carbocycles. The van der Waals surface area contributed by atoms with E-state index in [1.54, 1.807) is 23.3 Å². The van der Waals surface area contributed by atoms with Crippen LogP contribution < -0.4 is 10.2 Å². The van der Waals surface area contributed by atoms with E-state index in [4.69, 9.17) is 0 Å². The standard InChI is InChI=1S/C28H28N8/c1-4-35(5-2)23-10-12-24(13-11-23)36-19-27(33-34-36)21-9-8-20(3)26(17-21)32-28-30-16-14-25(31-28)22-7-6-15-29-18-22/h6-19H,4-5H2,1-3H3,(H,30,31,32). The van der Waals surface area contributed by atoms with Crippen LogP contribution in [0.1, 0.15) is 19.4 Å². The van der Waals surface area contributed by atoms with Crippen molar-refractivity contribution in [2.45, 2.75) is 20.8 Å². The Kier molecular flexibility index (Phi) is 6.66. The summed E-state index contributed by atoms with van der Waals surface area (Å²) in [5.74, 6) is 0.522. The minimum Gasteiger partial charge on any atom is -0.372 e. The first-order valence-corrected chi connectivity index (χ1v) is 12.0. The van der Waals surface area contributed by atoms with Gasteiger partial charge in [0, 0.05) is 54.2 Å². The van der Waals surface area contributed by atoms with Gasteiger partial charge in [0.15, 0.2) is 0 Å². The van der Waals surface area contributed by atoms with Crippen LogP contribution in [0.3, 0.4) is 0 Å². The zero-order valence-corrected chi connectivity index (χ0v) is 20.6. The van der Waals surface area contributed by atoms with Gasteiger partial charge in [0.25, 0.3) is 0 Å². The highest BCUT2D eigenvalue weighted by molar-refractivity contribution is 5.70. The maximum absolute atomic E-state index is 4.66. The third-order valence-corrected chi connectivity index (χ3v) is 6.13. The van der Waals surface area contributed by atoms with Gasteiger partial charge in [-0.1, -0.05) is 17.3 Å². The number of hydrogen-bond acceptors (Lipinski definition) is 7. The third-order valence-electron chi connectivity index (χ3n) is 6.13. The number of nitrogens with zero attached hydrogens (tertiary/aromatic N) is 7. The van der Waals surface area contributed by atoms with Gasteiger partial charge in [0.05, 0.1) is 17.6 Å². The molecule has 0 aliphatic rings. The van der Waals surface area contributed by atoms with E-state index in [1.807, 2.05) is 43.5 Å². The smallest absolute Gasteiger partial charge is 0.227 e. The Morgan fingerprint density at radius 2 is 1.72 bits per heavy atom. The Labute approximate surface area is 210 Å². The first-order chi connectivity index (χ1) is 17.6. The predicted octanol–water partition coefficient (Wildman–Crippen LogP) is 5.68. The van der Waals surface area contributed by atoms with Crippen molar-refractivity contribution in [2.24, 2.45) is 0 Å². The summed E-state index contributed by atoms with van der Waals surface area (Å²) in [4.78, 5) is 15.6. The highest BCUT2D eigenvalue weighted by Gasteiger charge is 2.10. The maximum atomic E-state index is 4.66. The fourth-order valence-electron chi connectivity index (χ4n) is 4.06. The van der Waals surface area contributed by atoms with Crippen molar-refractivity contribution in [3.8, 4) is 28.2 Å². The molecule has 0 atom stereocenters. The van der Waals surface area contributed by atoms with Crippen LogP contribution in [-0.4, -0.2) is 43.0 Å². The summed E-state index contributed by atoms with van der Waals surface area (Å²) < 4.78 is 1.80. The van der Waals surface area contributed by atoms with E-state index in [0.29, 0.717) is 5.95 Å². The number of nitrogens with one attached hydrogen (secondary N) is 1. The summed E-state index contributed by atoms with van der Waals surface area (Å²) in [5, 5.41) is 12.1. The molecule has 0 radical (unpaired) electrons. The number of pyridine rings is 1. The minimum atomic E-state index is 0.522. The number of aromatic nitrogens is 6. The average molecular weight is 477 g/mol. The van der Waals surface area contributed by atoms with Crippen molar-refractivity contribution in [3.05, 3.63) is 91.0 Å². The molecule has 5 aromatic rings. The molecule has 0 aliphatic heterocycles. The predicted molar refractivity (Wildman–Crippen MR) is 144 cm³/mol. The van der Waals surface area contributed by atoms with Gasteiger partial charge in [-0.05, 0) is 74.9 Å². The largest absolute Gasteiger partial charge is 0.372 e. The molecule has 5 rings (SSSR count). The van der Waals surface area contributed by atoms with Gasteiger partial charge in [-0.25, -0.2) is 14.6 Å². The number of anilines is 3. The molecule has 0 unspecified atom stereocenters. The SMILES string of the molecule is CCN(CC)c1ccc(-n2cc(-c3ccc(C)c(Nc4nccc(-c5cccnc5)n4)c3)nn2)cc1. The summed E-state index contributed by atoms with van der Waals surface area (Å²) in [7, 11) is 0. The summed E-state index contributed by atoms with van der Waals surface area (Å²) in [5.41, 5.74) is 7.65. The highest BCUT2D eigenvalue weighted by Crippen LogP contribution is 2.27. The fourth-order valence-corrected chi connectivity index (χ4v) is 4.06. The maximum Gasteiger partial charge on any atom is 0.227 e. The van der Waals surface area contributed by atoms with E-state index in [0.717, 1.165) is 52.5 Å². The lowest BCUT2D eigenvalue weighted by Gasteiger charge is -2.21. The van der Waals surface area contributed by atoms with Crippen LogP contribution in [0, 0.1) is 6.92 Å². The van der Waals surface area contributed by atoms with Crippen molar-refractivity contribution in [1.82, 2.24) is 29.9 Å². The molecular weight excluding hydrogens is 448 g/mol. The molecule has 3 heterocycles. The quantitative estimate of drug-likeness (QED) is 0.308. The molecule has 0 saturated heterocycles. The van der Waals surface area contributed by atoms with Crippen LogP contribution in [0.4, 0.5) is 17.3 Å². The van der Waals surface area contributed by atoms with Crippen LogP contribution in [-0.2, 0) is 0 Å². The molecular formula is C28H28N8. The van der Waals surface area contributed by atoms with Crippen molar-refractivity contribution in [2.75, 3.05) is 23.3 Å². The second-order valence-corrected chi connectivity index (χ2v) is 8.40. The topological polar surface area (TPSA) is 84.7 Å². The lowest BCUT2D eigenvalue weighted by Crippen LogP contribution is -2.21. The van der Waals surface area contributed by atoms with Crippen LogP contribution in [0.5, 0.6) is 0 Å². The van der Waals surface area contributed by atoms with Crippen LogP contribution >= 0.6 is 0 Å². The van der Waals surface area contributed by atoms with Crippen LogP contribution in [0.25, 0.3) is 28.2 Å². The Morgan fingerprint density at radius 1 is 0.889 bits per heavy atom. The Bertz CT molecular complexity index is 1440. The average Bonchev–Trinajstić information content (AvgIpc) is 3.42. The zero-order chi connectivity index (χ0) is 24.9. The normalized spacial score (nSPS) is 10.9. The van der Waals surface area contributed by atoms with E-state index in [1.165, 1.54) is 5.69 Å². The first-order valence-electron chi connectivity index (χ1n) is 12.0. The lowest BCUT2D eigenvalue weighted by molar-refractivity contribution is 0.802. The second-order valence-electron chi connectivity index (χ2n) is 8.40. The molecule has 3 aromatic heterocycles. The van der Waals surface area contributed by atoms with Crippen molar-refractivity contribution < 1.29 is 0 Å². The van der Waals surface area contributed by atoms with Gasteiger partial charge < -0.3 is 10.2 Å². The molecule has 180 valence electrons. The highest BCUT2D eigenvalue weighted by atomic mass is 15.4. The summed E-state index contributed by atoms with van der Waals surface area (Å²) >= 11 is 0. The van der Waals surface area contributed by atoms with Gasteiger partial charge >= 0.3 is 0 Å². The molecule has 36 heavy (non-hydrogen) atoms. The third kappa shape index (κ3) is 4.93. The number of rotatable bonds is 8. The van der Waals surface area contributed by atoms with Crippen LogP contribution in [0.15, 0.2) is 85.5 Å². The van der Waals surface area contributed by atoms with E-state index >= 15 is 0 Å². The summed E-state index contributed by atoms with van der Waals surface area (Å²) in [6.07, 6.45) is 7.23. The van der Waals surface area contributed by atoms with Gasteiger partial charge in [-0.15, -0.1) is 5.10 Å². The molecule has 0 fully saturated rings. The van der Waals surface area contributed by atoms with Crippen molar-refractivity contribution in [3.63, 3.8) is 0 Å². The van der Waals surface area contributed by atoms with Gasteiger partial charge in [-0.2, -0.15) is 0 Å². The Balaban J connectivity index is 1.37.